The van der Waals surface area contributed by atoms with E-state index in [1.807, 2.05) is 43.1 Å². The fourth-order valence-corrected chi connectivity index (χ4v) is 3.01. The number of aryl methyl sites for hydroxylation is 1. The zero-order chi connectivity index (χ0) is 17.1. The fourth-order valence-electron chi connectivity index (χ4n) is 3.01. The zero-order valence-electron chi connectivity index (χ0n) is 14.1. The molecule has 0 saturated carbocycles. The van der Waals surface area contributed by atoms with Crippen molar-refractivity contribution in [1.29, 1.82) is 0 Å². The molecule has 1 fully saturated rings. The molecule has 6 nitrogen and oxygen atoms in total. The second-order valence-electron chi connectivity index (χ2n) is 6.37. The number of carbonyl (C=O) groups is 1. The maximum atomic E-state index is 12.6. The largest absolute Gasteiger partial charge is 0.384 e. The normalized spacial score (nSPS) is 17.5. The molecule has 1 amide bonds. The first kappa shape index (κ1) is 16.4. The van der Waals surface area contributed by atoms with Crippen LogP contribution in [-0.2, 0) is 6.54 Å². The number of aromatic nitrogens is 2. The molecule has 1 aromatic heterocycles. The predicted molar refractivity (Wildman–Crippen MR) is 93.4 cm³/mol. The Balaban J connectivity index is 1.60. The number of nitrogens with two attached hydrogens (primary N) is 1. The van der Waals surface area contributed by atoms with Crippen LogP contribution in [0.25, 0.3) is 0 Å². The summed E-state index contributed by atoms with van der Waals surface area (Å²) in [5, 5.41) is 0. The number of likely N-dealkylation sites (N-methyl/N-ethyl adjacent to an activating group) is 1. The molecule has 0 spiro atoms. The molecule has 24 heavy (non-hydrogen) atoms. The molecule has 2 N–H and O–H groups in total. The van der Waals surface area contributed by atoms with E-state index in [1.54, 1.807) is 12.3 Å². The molecule has 1 aliphatic rings. The van der Waals surface area contributed by atoms with Crippen LogP contribution in [-0.4, -0.2) is 51.9 Å². The van der Waals surface area contributed by atoms with Gasteiger partial charge in [0.15, 0.2) is 0 Å². The van der Waals surface area contributed by atoms with Gasteiger partial charge < -0.3 is 10.6 Å². The smallest absolute Gasteiger partial charge is 0.253 e. The number of nitrogens with zero attached hydrogens (tertiary/aromatic N) is 4. The van der Waals surface area contributed by atoms with Crippen molar-refractivity contribution in [2.24, 2.45) is 0 Å². The van der Waals surface area contributed by atoms with Gasteiger partial charge in [-0.1, -0.05) is 17.7 Å². The lowest BCUT2D eigenvalue weighted by atomic mass is 10.1. The molecule has 1 aliphatic heterocycles. The van der Waals surface area contributed by atoms with E-state index in [0.717, 1.165) is 30.6 Å². The third kappa shape index (κ3) is 3.71. The van der Waals surface area contributed by atoms with Crippen molar-refractivity contribution in [3.05, 3.63) is 53.5 Å². The van der Waals surface area contributed by atoms with E-state index in [1.165, 1.54) is 0 Å². The van der Waals surface area contributed by atoms with Gasteiger partial charge in [0.1, 0.15) is 11.6 Å². The number of carbonyl (C=O) groups excluding carboxylic acids is 1. The van der Waals surface area contributed by atoms with Crippen molar-refractivity contribution in [1.82, 2.24) is 19.8 Å². The second kappa shape index (κ2) is 6.97. The summed E-state index contributed by atoms with van der Waals surface area (Å²) in [6.45, 7) is 4.15. The Morgan fingerprint density at radius 1 is 1.33 bits per heavy atom. The first-order valence-electron chi connectivity index (χ1n) is 8.16. The standard InChI is InChI=1S/C18H23N5O/c1-13-3-5-14(6-4-13)18(24)23-10-8-15(11-23)22(2)12-17-20-9-7-16(19)21-17/h3-7,9,15H,8,10-12H2,1-2H3,(H2,19,20,21). The summed E-state index contributed by atoms with van der Waals surface area (Å²) in [4.78, 5) is 25.2. The first-order valence-corrected chi connectivity index (χ1v) is 8.16. The van der Waals surface area contributed by atoms with Crippen molar-refractivity contribution in [2.75, 3.05) is 25.9 Å². The van der Waals surface area contributed by atoms with Gasteiger partial charge in [0, 0.05) is 30.9 Å². The molecular weight excluding hydrogens is 302 g/mol. The Hall–Kier alpha value is -2.47. The lowest BCUT2D eigenvalue weighted by Gasteiger charge is -2.24. The molecule has 0 radical (unpaired) electrons. The van der Waals surface area contributed by atoms with Crippen molar-refractivity contribution in [3.63, 3.8) is 0 Å². The maximum absolute atomic E-state index is 12.6. The van der Waals surface area contributed by atoms with Crippen LogP contribution in [0.15, 0.2) is 36.5 Å². The average molecular weight is 325 g/mol. The minimum atomic E-state index is 0.103. The zero-order valence-corrected chi connectivity index (χ0v) is 14.1. The van der Waals surface area contributed by atoms with E-state index in [0.29, 0.717) is 24.2 Å². The summed E-state index contributed by atoms with van der Waals surface area (Å²) in [7, 11) is 2.04. The number of amides is 1. The molecule has 2 heterocycles. The Labute approximate surface area is 142 Å². The minimum Gasteiger partial charge on any atom is -0.384 e. The quantitative estimate of drug-likeness (QED) is 0.926. The summed E-state index contributed by atoms with van der Waals surface area (Å²) in [5.74, 6) is 1.29. The van der Waals surface area contributed by atoms with E-state index < -0.39 is 0 Å². The molecule has 1 atom stereocenters. The van der Waals surface area contributed by atoms with Crippen LogP contribution in [0.2, 0.25) is 0 Å². The van der Waals surface area contributed by atoms with Gasteiger partial charge in [0.2, 0.25) is 0 Å². The van der Waals surface area contributed by atoms with E-state index in [9.17, 15) is 4.79 Å². The lowest BCUT2D eigenvalue weighted by Crippen LogP contribution is -2.36. The van der Waals surface area contributed by atoms with E-state index in [-0.39, 0.29) is 5.91 Å². The Bertz CT molecular complexity index is 716. The minimum absolute atomic E-state index is 0.103. The molecule has 1 aromatic carbocycles. The van der Waals surface area contributed by atoms with Crippen molar-refractivity contribution in [2.45, 2.75) is 25.9 Å². The van der Waals surface area contributed by atoms with E-state index in [4.69, 9.17) is 5.73 Å². The van der Waals surface area contributed by atoms with Crippen LogP contribution in [0.1, 0.15) is 28.2 Å². The second-order valence-corrected chi connectivity index (χ2v) is 6.37. The topological polar surface area (TPSA) is 75.4 Å². The molecular formula is C18H23N5O. The highest BCUT2D eigenvalue weighted by atomic mass is 16.2. The van der Waals surface area contributed by atoms with Crippen molar-refractivity contribution < 1.29 is 4.79 Å². The summed E-state index contributed by atoms with van der Waals surface area (Å²) >= 11 is 0. The van der Waals surface area contributed by atoms with Crippen LogP contribution in [0.3, 0.4) is 0 Å². The summed E-state index contributed by atoms with van der Waals surface area (Å²) in [5.41, 5.74) is 7.61. The van der Waals surface area contributed by atoms with E-state index in [2.05, 4.69) is 14.9 Å². The third-order valence-corrected chi connectivity index (χ3v) is 4.49. The molecule has 6 heteroatoms. The molecule has 0 bridgehead atoms. The highest BCUT2D eigenvalue weighted by Gasteiger charge is 2.29. The van der Waals surface area contributed by atoms with Crippen LogP contribution >= 0.6 is 0 Å². The molecule has 0 aliphatic carbocycles. The van der Waals surface area contributed by atoms with Crippen molar-refractivity contribution >= 4 is 11.7 Å². The maximum Gasteiger partial charge on any atom is 0.253 e. The van der Waals surface area contributed by atoms with Gasteiger partial charge in [0.25, 0.3) is 5.91 Å². The Kier molecular flexibility index (Phi) is 4.76. The fraction of sp³-hybridized carbons (Fsp3) is 0.389. The molecule has 3 rings (SSSR count). The number of anilines is 1. The molecule has 1 unspecified atom stereocenters. The first-order chi connectivity index (χ1) is 11.5. The number of hydrogen-bond acceptors (Lipinski definition) is 5. The highest BCUT2D eigenvalue weighted by molar-refractivity contribution is 5.94. The van der Waals surface area contributed by atoms with Gasteiger partial charge in [-0.25, -0.2) is 9.97 Å². The lowest BCUT2D eigenvalue weighted by molar-refractivity contribution is 0.0779. The van der Waals surface area contributed by atoms with E-state index >= 15 is 0 Å². The highest BCUT2D eigenvalue weighted by Crippen LogP contribution is 2.18. The summed E-state index contributed by atoms with van der Waals surface area (Å²) < 4.78 is 0. The van der Waals surface area contributed by atoms with Crippen molar-refractivity contribution in [3.8, 4) is 0 Å². The predicted octanol–water partition coefficient (Wildman–Crippen LogP) is 1.71. The Morgan fingerprint density at radius 2 is 2.08 bits per heavy atom. The average Bonchev–Trinajstić information content (AvgIpc) is 3.05. The Morgan fingerprint density at radius 3 is 2.79 bits per heavy atom. The molecule has 1 saturated heterocycles. The monoisotopic (exact) mass is 325 g/mol. The van der Waals surface area contributed by atoms with Crippen LogP contribution in [0, 0.1) is 6.92 Å². The van der Waals surface area contributed by atoms with Gasteiger partial charge in [-0.2, -0.15) is 0 Å². The van der Waals surface area contributed by atoms with Crippen LogP contribution in [0.4, 0.5) is 5.82 Å². The van der Waals surface area contributed by atoms with Gasteiger partial charge in [-0.15, -0.1) is 0 Å². The number of benzene rings is 1. The number of likely N-dealkylation sites (tertiary alicyclic amines) is 1. The summed E-state index contributed by atoms with van der Waals surface area (Å²) in [6.07, 6.45) is 2.63. The molecule has 2 aromatic rings. The number of nitrogen functional groups attached to an aromatic ring is 1. The SMILES string of the molecule is Cc1ccc(C(=O)N2CCC(N(C)Cc3nccc(N)n3)C2)cc1. The number of hydrogen-bond donors (Lipinski definition) is 1. The van der Waals surface area contributed by atoms with Gasteiger partial charge in [0.05, 0.1) is 6.54 Å². The van der Waals surface area contributed by atoms with Gasteiger partial charge in [-0.3, -0.25) is 9.69 Å². The molecule has 126 valence electrons. The van der Waals surface area contributed by atoms with Crippen LogP contribution < -0.4 is 5.73 Å². The summed E-state index contributed by atoms with van der Waals surface area (Å²) in [6, 6.07) is 9.74. The van der Waals surface area contributed by atoms with Gasteiger partial charge >= 0.3 is 0 Å². The van der Waals surface area contributed by atoms with Gasteiger partial charge in [-0.05, 0) is 38.6 Å². The number of rotatable bonds is 4. The van der Waals surface area contributed by atoms with Crippen LogP contribution in [0.5, 0.6) is 0 Å². The third-order valence-electron chi connectivity index (χ3n) is 4.49.